The summed E-state index contributed by atoms with van der Waals surface area (Å²) in [4.78, 5) is 24.5. The first-order valence-corrected chi connectivity index (χ1v) is 11.1. The molecule has 0 radical (unpaired) electrons. The summed E-state index contributed by atoms with van der Waals surface area (Å²) >= 11 is 1.20. The van der Waals surface area contributed by atoms with Gasteiger partial charge in [-0.3, -0.25) is 14.2 Å². The third-order valence-corrected chi connectivity index (χ3v) is 6.04. The van der Waals surface area contributed by atoms with Gasteiger partial charge in [0.1, 0.15) is 5.82 Å². The van der Waals surface area contributed by atoms with E-state index in [1.54, 1.807) is 6.92 Å². The van der Waals surface area contributed by atoms with Crippen LogP contribution in [0.1, 0.15) is 31.5 Å². The second-order valence-corrected chi connectivity index (χ2v) is 8.84. The smallest absolute Gasteiger partial charge is 0.243 e. The van der Waals surface area contributed by atoms with Gasteiger partial charge in [-0.1, -0.05) is 30.0 Å². The summed E-state index contributed by atoms with van der Waals surface area (Å²) in [6.07, 6.45) is 2.08. The molecule has 1 fully saturated rings. The third kappa shape index (κ3) is 5.19. The Labute approximate surface area is 191 Å². The lowest BCUT2D eigenvalue weighted by Gasteiger charge is -2.14. The number of carbonyl (C=O) groups is 2. The molecule has 0 bridgehead atoms. The van der Waals surface area contributed by atoms with Crippen molar-refractivity contribution in [1.82, 2.24) is 20.1 Å². The molecule has 1 unspecified atom stereocenters. The standard InChI is InChI=1S/C22H20F3N5O2S/c1-12(21(32)26-11-17(31)27-16-10-9-15(23)18(24)19(16)25)33-22-29-28-20(13-7-8-13)30(22)14-5-3-2-4-6-14/h2-6,9-10,12-13H,7-8,11H2,1H3,(H,26,32)(H,27,31). The minimum Gasteiger partial charge on any atom is -0.346 e. The predicted molar refractivity (Wildman–Crippen MR) is 117 cm³/mol. The van der Waals surface area contributed by atoms with Crippen molar-refractivity contribution in [2.24, 2.45) is 0 Å². The largest absolute Gasteiger partial charge is 0.346 e. The van der Waals surface area contributed by atoms with Gasteiger partial charge in [-0.05, 0) is 44.0 Å². The fraction of sp³-hybridized carbons (Fsp3) is 0.273. The van der Waals surface area contributed by atoms with E-state index in [-0.39, 0.29) is 0 Å². The SMILES string of the molecule is CC(Sc1nnc(C2CC2)n1-c1ccccc1)C(=O)NCC(=O)Nc1ccc(F)c(F)c1F. The van der Waals surface area contributed by atoms with E-state index in [9.17, 15) is 22.8 Å². The first kappa shape index (κ1) is 22.8. The maximum atomic E-state index is 13.7. The molecule has 2 aromatic carbocycles. The number of thioether (sulfide) groups is 1. The van der Waals surface area contributed by atoms with Crippen molar-refractivity contribution in [3.63, 3.8) is 0 Å². The van der Waals surface area contributed by atoms with Gasteiger partial charge in [0.25, 0.3) is 0 Å². The third-order valence-electron chi connectivity index (χ3n) is 5.00. The van der Waals surface area contributed by atoms with Crippen LogP contribution in [0.5, 0.6) is 0 Å². The van der Waals surface area contributed by atoms with Crippen LogP contribution in [0.2, 0.25) is 0 Å². The Kier molecular flexibility index (Phi) is 6.68. The molecule has 0 aliphatic heterocycles. The lowest BCUT2D eigenvalue weighted by Crippen LogP contribution is -2.37. The van der Waals surface area contributed by atoms with E-state index in [0.29, 0.717) is 17.1 Å². The molecule has 1 heterocycles. The number of amides is 2. The van der Waals surface area contributed by atoms with Gasteiger partial charge in [-0.2, -0.15) is 0 Å². The number of benzene rings is 2. The fourth-order valence-electron chi connectivity index (χ4n) is 3.12. The molecule has 0 spiro atoms. The molecule has 33 heavy (non-hydrogen) atoms. The number of halogens is 3. The highest BCUT2D eigenvalue weighted by molar-refractivity contribution is 8.00. The van der Waals surface area contributed by atoms with E-state index < -0.39 is 46.7 Å². The highest BCUT2D eigenvalue weighted by Gasteiger charge is 2.32. The van der Waals surface area contributed by atoms with Gasteiger partial charge < -0.3 is 10.6 Å². The Bertz CT molecular complexity index is 1180. The summed E-state index contributed by atoms with van der Waals surface area (Å²) in [6.45, 7) is 1.19. The molecule has 4 rings (SSSR count). The van der Waals surface area contributed by atoms with E-state index in [1.165, 1.54) is 11.8 Å². The summed E-state index contributed by atoms with van der Waals surface area (Å²) in [5.74, 6) is -4.59. The molecule has 11 heteroatoms. The van der Waals surface area contributed by atoms with Crippen LogP contribution in [0, 0.1) is 17.5 Å². The van der Waals surface area contributed by atoms with Crippen molar-refractivity contribution < 1.29 is 22.8 Å². The molecular formula is C22H20F3N5O2S. The zero-order valence-corrected chi connectivity index (χ0v) is 18.3. The van der Waals surface area contributed by atoms with Gasteiger partial charge in [0.05, 0.1) is 17.5 Å². The number of nitrogens with zero attached hydrogens (tertiary/aromatic N) is 3. The second kappa shape index (κ2) is 9.65. The van der Waals surface area contributed by atoms with Crippen molar-refractivity contribution in [3.8, 4) is 5.69 Å². The number of para-hydroxylation sites is 1. The van der Waals surface area contributed by atoms with Crippen molar-refractivity contribution in [3.05, 3.63) is 65.7 Å². The van der Waals surface area contributed by atoms with Crippen molar-refractivity contribution in [2.45, 2.75) is 36.1 Å². The Hall–Kier alpha value is -3.34. The molecule has 3 aromatic rings. The number of anilines is 1. The molecule has 2 amide bonds. The van der Waals surface area contributed by atoms with Crippen molar-refractivity contribution in [2.75, 3.05) is 11.9 Å². The normalized spacial score (nSPS) is 14.1. The van der Waals surface area contributed by atoms with E-state index >= 15 is 0 Å². The average Bonchev–Trinajstić information content (AvgIpc) is 3.58. The molecule has 0 saturated heterocycles. The molecular weight excluding hydrogens is 455 g/mol. The maximum Gasteiger partial charge on any atom is 0.243 e. The molecule has 2 N–H and O–H groups in total. The Morgan fingerprint density at radius 3 is 2.52 bits per heavy atom. The lowest BCUT2D eigenvalue weighted by atomic mass is 10.2. The summed E-state index contributed by atoms with van der Waals surface area (Å²) in [5.41, 5.74) is 0.381. The van der Waals surface area contributed by atoms with Crippen LogP contribution in [0.3, 0.4) is 0 Å². The van der Waals surface area contributed by atoms with Crippen LogP contribution in [0.4, 0.5) is 18.9 Å². The molecule has 1 aliphatic carbocycles. The van der Waals surface area contributed by atoms with Crippen LogP contribution in [0.25, 0.3) is 5.69 Å². The zero-order valence-electron chi connectivity index (χ0n) is 17.5. The topological polar surface area (TPSA) is 88.9 Å². The summed E-state index contributed by atoms with van der Waals surface area (Å²) in [5, 5.41) is 13.1. The first-order valence-electron chi connectivity index (χ1n) is 10.2. The summed E-state index contributed by atoms with van der Waals surface area (Å²) in [6, 6.07) is 11.2. The van der Waals surface area contributed by atoms with Crippen LogP contribution in [0.15, 0.2) is 47.6 Å². The van der Waals surface area contributed by atoms with Crippen LogP contribution < -0.4 is 10.6 Å². The van der Waals surface area contributed by atoms with Crippen LogP contribution >= 0.6 is 11.8 Å². The summed E-state index contributed by atoms with van der Waals surface area (Å²) < 4.78 is 41.9. The fourth-order valence-corrected chi connectivity index (χ4v) is 4.02. The molecule has 7 nitrogen and oxygen atoms in total. The number of rotatable bonds is 8. The van der Waals surface area contributed by atoms with Gasteiger partial charge in [0.2, 0.25) is 11.8 Å². The van der Waals surface area contributed by atoms with Gasteiger partial charge in [0, 0.05) is 11.6 Å². The molecule has 172 valence electrons. The minimum atomic E-state index is -1.69. The predicted octanol–water partition coefficient (Wildman–Crippen LogP) is 3.80. The second-order valence-electron chi connectivity index (χ2n) is 7.53. The van der Waals surface area contributed by atoms with Crippen molar-refractivity contribution >= 4 is 29.3 Å². The molecule has 1 aromatic heterocycles. The Balaban J connectivity index is 1.38. The maximum absolute atomic E-state index is 13.7. The minimum absolute atomic E-state index is 0.344. The molecule has 1 saturated carbocycles. The lowest BCUT2D eigenvalue weighted by molar-refractivity contribution is -0.123. The van der Waals surface area contributed by atoms with Gasteiger partial charge in [-0.25, -0.2) is 13.2 Å². The van der Waals surface area contributed by atoms with Gasteiger partial charge in [0.15, 0.2) is 22.6 Å². The first-order chi connectivity index (χ1) is 15.8. The highest BCUT2D eigenvalue weighted by atomic mass is 32.2. The Morgan fingerprint density at radius 2 is 1.82 bits per heavy atom. The quantitative estimate of drug-likeness (QED) is 0.382. The molecule has 1 atom stereocenters. The van der Waals surface area contributed by atoms with Crippen molar-refractivity contribution in [1.29, 1.82) is 0 Å². The van der Waals surface area contributed by atoms with E-state index in [4.69, 9.17) is 0 Å². The summed E-state index contributed by atoms with van der Waals surface area (Å²) in [7, 11) is 0. The highest BCUT2D eigenvalue weighted by Crippen LogP contribution is 2.41. The Morgan fingerprint density at radius 1 is 1.09 bits per heavy atom. The number of hydrogen-bond donors (Lipinski definition) is 2. The van der Waals surface area contributed by atoms with E-state index in [2.05, 4.69) is 20.8 Å². The number of aromatic nitrogens is 3. The number of nitrogens with one attached hydrogen (secondary N) is 2. The zero-order chi connectivity index (χ0) is 23.5. The number of carbonyl (C=O) groups excluding carboxylic acids is 2. The number of hydrogen-bond acceptors (Lipinski definition) is 5. The van der Waals surface area contributed by atoms with E-state index in [0.717, 1.165) is 30.4 Å². The molecule has 1 aliphatic rings. The van der Waals surface area contributed by atoms with Gasteiger partial charge in [-0.15, -0.1) is 10.2 Å². The van der Waals surface area contributed by atoms with Crippen LogP contribution in [-0.4, -0.2) is 38.4 Å². The van der Waals surface area contributed by atoms with E-state index in [1.807, 2.05) is 34.9 Å². The average molecular weight is 475 g/mol. The van der Waals surface area contributed by atoms with Gasteiger partial charge >= 0.3 is 0 Å². The van der Waals surface area contributed by atoms with Crippen LogP contribution in [-0.2, 0) is 9.59 Å². The monoisotopic (exact) mass is 475 g/mol.